The van der Waals surface area contributed by atoms with E-state index in [0.29, 0.717) is 18.7 Å². The highest BCUT2D eigenvalue weighted by Crippen LogP contribution is 2.44. The van der Waals surface area contributed by atoms with Crippen LogP contribution in [0.3, 0.4) is 0 Å². The Morgan fingerprint density at radius 3 is 2.59 bits per heavy atom. The van der Waals surface area contributed by atoms with Crippen LogP contribution < -0.4 is 5.32 Å². The first-order chi connectivity index (χ1) is 15.4. The van der Waals surface area contributed by atoms with Crippen molar-refractivity contribution < 1.29 is 14.4 Å². The summed E-state index contributed by atoms with van der Waals surface area (Å²) in [5, 5.41) is 3.91. The molecule has 1 aromatic heterocycles. The molecule has 2 N–H and O–H groups in total. The molecule has 0 bridgehead atoms. The van der Waals surface area contributed by atoms with Crippen LogP contribution in [0.5, 0.6) is 0 Å². The fourth-order valence-corrected chi connectivity index (χ4v) is 4.95. The second kappa shape index (κ2) is 7.22. The smallest absolute Gasteiger partial charge is 0.328 e. The van der Waals surface area contributed by atoms with Gasteiger partial charge >= 0.3 is 6.03 Å². The first kappa shape index (κ1) is 20.3. The van der Waals surface area contributed by atoms with E-state index in [9.17, 15) is 14.4 Å². The molecular weight excluding hydrogens is 404 g/mol. The number of para-hydroxylation sites is 1. The number of anilines is 1. The number of amides is 4. The van der Waals surface area contributed by atoms with Gasteiger partial charge in [-0.05, 0) is 56.0 Å². The Morgan fingerprint density at radius 1 is 1.16 bits per heavy atom. The Kier molecular flexibility index (Phi) is 4.58. The second-order valence-electron chi connectivity index (χ2n) is 8.67. The van der Waals surface area contributed by atoms with Gasteiger partial charge in [-0.2, -0.15) is 0 Å². The number of benzene rings is 2. The van der Waals surface area contributed by atoms with Crippen molar-refractivity contribution in [2.75, 3.05) is 11.9 Å². The van der Waals surface area contributed by atoms with Crippen molar-refractivity contribution in [3.63, 3.8) is 0 Å². The predicted octanol–water partition coefficient (Wildman–Crippen LogP) is 3.79. The number of hydrogen-bond acceptors (Lipinski definition) is 3. The molecule has 7 nitrogen and oxygen atoms in total. The van der Waals surface area contributed by atoms with Crippen molar-refractivity contribution in [1.29, 1.82) is 0 Å². The number of nitrogens with one attached hydrogen (secondary N) is 2. The molecule has 3 heterocycles. The standard InChI is InChI=1S/C25H26N4O3/c1-4-16-9-11-17(12-10-16)26-22(30)15(2)29-23(31)25(3)21-19(13-14-28(25)24(29)32)18-7-5-6-8-20(18)27-21/h5-12,15,27H,4,13-14H2,1-3H3,(H,26,30). The van der Waals surface area contributed by atoms with Gasteiger partial charge in [-0.25, -0.2) is 9.69 Å². The Balaban J connectivity index is 1.45. The first-order valence-corrected chi connectivity index (χ1v) is 11.0. The summed E-state index contributed by atoms with van der Waals surface area (Å²) >= 11 is 0. The number of nitrogens with zero attached hydrogens (tertiary/aromatic N) is 2. The van der Waals surface area contributed by atoms with Crippen LogP contribution >= 0.6 is 0 Å². The van der Waals surface area contributed by atoms with Gasteiger partial charge in [-0.15, -0.1) is 0 Å². The minimum absolute atomic E-state index is 0.376. The number of imide groups is 1. The number of aromatic amines is 1. The summed E-state index contributed by atoms with van der Waals surface area (Å²) in [5.41, 5.74) is 3.41. The van der Waals surface area contributed by atoms with E-state index in [1.165, 1.54) is 5.56 Å². The zero-order chi connectivity index (χ0) is 22.6. The maximum Gasteiger partial charge on any atom is 0.328 e. The Hall–Kier alpha value is -3.61. The summed E-state index contributed by atoms with van der Waals surface area (Å²) in [5.74, 6) is -0.768. The molecule has 1 fully saturated rings. The molecule has 2 aliphatic heterocycles. The van der Waals surface area contributed by atoms with Crippen LogP contribution in [0.25, 0.3) is 10.9 Å². The lowest BCUT2D eigenvalue weighted by molar-refractivity contribution is -0.137. The summed E-state index contributed by atoms with van der Waals surface area (Å²) < 4.78 is 0. The van der Waals surface area contributed by atoms with Crippen LogP contribution in [0, 0.1) is 0 Å². The summed E-state index contributed by atoms with van der Waals surface area (Å²) in [4.78, 5) is 46.0. The third-order valence-electron chi connectivity index (χ3n) is 6.89. The van der Waals surface area contributed by atoms with Gasteiger partial charge in [0.15, 0.2) is 5.54 Å². The number of urea groups is 1. The zero-order valence-corrected chi connectivity index (χ0v) is 18.4. The molecule has 0 saturated carbocycles. The van der Waals surface area contributed by atoms with Crippen molar-refractivity contribution in [3.8, 4) is 0 Å². The van der Waals surface area contributed by atoms with E-state index in [1.807, 2.05) is 48.5 Å². The van der Waals surface area contributed by atoms with Crippen molar-refractivity contribution >= 4 is 34.4 Å². The highest BCUT2D eigenvalue weighted by molar-refractivity contribution is 6.12. The van der Waals surface area contributed by atoms with Gasteiger partial charge in [0.2, 0.25) is 5.91 Å². The minimum atomic E-state index is -1.15. The maximum absolute atomic E-state index is 13.7. The van der Waals surface area contributed by atoms with E-state index >= 15 is 0 Å². The lowest BCUT2D eigenvalue weighted by atomic mass is 9.87. The quantitative estimate of drug-likeness (QED) is 0.618. The number of H-pyrrole nitrogens is 1. The highest BCUT2D eigenvalue weighted by atomic mass is 16.2. The van der Waals surface area contributed by atoms with E-state index in [4.69, 9.17) is 0 Å². The Labute approximate surface area is 186 Å². The lowest BCUT2D eigenvalue weighted by Crippen LogP contribution is -2.49. The van der Waals surface area contributed by atoms with Crippen molar-refractivity contribution in [1.82, 2.24) is 14.8 Å². The van der Waals surface area contributed by atoms with E-state index in [-0.39, 0.29) is 5.91 Å². The molecule has 0 radical (unpaired) electrons. The van der Waals surface area contributed by atoms with Gasteiger partial charge < -0.3 is 15.2 Å². The van der Waals surface area contributed by atoms with Gasteiger partial charge in [-0.3, -0.25) is 9.59 Å². The summed E-state index contributed by atoms with van der Waals surface area (Å²) in [6.07, 6.45) is 1.57. The van der Waals surface area contributed by atoms with Crippen LogP contribution in [-0.4, -0.2) is 45.2 Å². The molecule has 0 aliphatic carbocycles. The molecule has 2 aromatic carbocycles. The molecule has 2 unspecified atom stereocenters. The van der Waals surface area contributed by atoms with Crippen LogP contribution in [0.2, 0.25) is 0 Å². The summed E-state index contributed by atoms with van der Waals surface area (Å²) in [7, 11) is 0. The molecule has 2 atom stereocenters. The lowest BCUT2D eigenvalue weighted by Gasteiger charge is -2.36. The third-order valence-corrected chi connectivity index (χ3v) is 6.89. The topological polar surface area (TPSA) is 85.5 Å². The van der Waals surface area contributed by atoms with Crippen molar-refractivity contribution in [2.45, 2.75) is 45.2 Å². The SMILES string of the molecule is CCc1ccc(NC(=O)C(C)N2C(=O)N3CCc4c([nH]c5ccccc45)C3(C)C2=O)cc1. The largest absolute Gasteiger partial charge is 0.356 e. The number of carbonyl (C=O) groups is 3. The zero-order valence-electron chi connectivity index (χ0n) is 18.4. The number of fused-ring (bicyclic) bond motifs is 5. The number of aromatic nitrogens is 1. The van der Waals surface area contributed by atoms with E-state index < -0.39 is 23.5 Å². The Bertz CT molecular complexity index is 1250. The molecule has 1 saturated heterocycles. The van der Waals surface area contributed by atoms with Crippen molar-refractivity contribution in [2.24, 2.45) is 0 Å². The van der Waals surface area contributed by atoms with Crippen LogP contribution in [0.1, 0.15) is 37.6 Å². The number of aryl methyl sites for hydroxylation is 1. The highest BCUT2D eigenvalue weighted by Gasteiger charge is 2.60. The summed E-state index contributed by atoms with van der Waals surface area (Å²) in [6, 6.07) is 14.1. The van der Waals surface area contributed by atoms with Crippen LogP contribution in [-0.2, 0) is 28.0 Å². The molecule has 164 valence electrons. The fourth-order valence-electron chi connectivity index (χ4n) is 4.95. The molecule has 32 heavy (non-hydrogen) atoms. The van der Waals surface area contributed by atoms with E-state index in [2.05, 4.69) is 17.2 Å². The summed E-state index contributed by atoms with van der Waals surface area (Å²) in [6.45, 7) is 5.86. The normalized spacial score (nSPS) is 21.0. The van der Waals surface area contributed by atoms with Gasteiger partial charge in [0.1, 0.15) is 6.04 Å². The van der Waals surface area contributed by atoms with Gasteiger partial charge in [-0.1, -0.05) is 37.3 Å². The molecule has 7 heteroatoms. The maximum atomic E-state index is 13.7. The van der Waals surface area contributed by atoms with Gasteiger partial charge in [0.05, 0.1) is 5.69 Å². The van der Waals surface area contributed by atoms with E-state index in [1.54, 1.807) is 18.7 Å². The van der Waals surface area contributed by atoms with Crippen molar-refractivity contribution in [3.05, 3.63) is 65.4 Å². The molecule has 5 rings (SSSR count). The second-order valence-corrected chi connectivity index (χ2v) is 8.67. The Morgan fingerprint density at radius 2 is 1.88 bits per heavy atom. The van der Waals surface area contributed by atoms with Gasteiger partial charge in [0, 0.05) is 23.1 Å². The minimum Gasteiger partial charge on any atom is -0.356 e. The van der Waals surface area contributed by atoms with Gasteiger partial charge in [0.25, 0.3) is 5.91 Å². The van der Waals surface area contributed by atoms with E-state index in [0.717, 1.165) is 33.5 Å². The van der Waals surface area contributed by atoms with Crippen LogP contribution in [0.4, 0.5) is 10.5 Å². The fraction of sp³-hybridized carbons (Fsp3) is 0.320. The number of rotatable bonds is 4. The molecular formula is C25H26N4O3. The molecule has 2 aliphatic rings. The molecule has 3 aromatic rings. The third kappa shape index (κ3) is 2.77. The first-order valence-electron chi connectivity index (χ1n) is 11.0. The monoisotopic (exact) mass is 430 g/mol. The van der Waals surface area contributed by atoms with Crippen LogP contribution in [0.15, 0.2) is 48.5 Å². The average Bonchev–Trinajstić information content (AvgIpc) is 3.28. The average molecular weight is 431 g/mol. The number of hydrogen-bond donors (Lipinski definition) is 2. The number of carbonyl (C=O) groups excluding carboxylic acids is 3. The molecule has 0 spiro atoms. The molecule has 4 amide bonds. The predicted molar refractivity (Wildman–Crippen MR) is 122 cm³/mol.